The van der Waals surface area contributed by atoms with E-state index in [2.05, 4.69) is 22.6 Å². The van der Waals surface area contributed by atoms with Gasteiger partial charge in [-0.2, -0.15) is 0 Å². The van der Waals surface area contributed by atoms with Crippen LogP contribution in [0.1, 0.15) is 13.3 Å². The van der Waals surface area contributed by atoms with Gasteiger partial charge in [0.2, 0.25) is 0 Å². The van der Waals surface area contributed by atoms with Crippen molar-refractivity contribution in [3.05, 3.63) is 0 Å². The Morgan fingerprint density at radius 1 is 1.50 bits per heavy atom. The Morgan fingerprint density at radius 2 is 2.12 bits per heavy atom. The Labute approximate surface area is 55.8 Å². The first-order chi connectivity index (χ1) is 3.41. The summed E-state index contributed by atoms with van der Waals surface area (Å²) in [5.41, 5.74) is 0. The fraction of sp³-hybridized carbons (Fsp3) is 0.600. The molecule has 8 heavy (non-hydrogen) atoms. The highest BCUT2D eigenvalue weighted by molar-refractivity contribution is 5.85. The number of rotatable bonds is 1. The molecule has 0 saturated heterocycles. The first kappa shape index (κ1) is 10.7. The molecule has 0 aliphatic carbocycles. The lowest BCUT2D eigenvalue weighted by atomic mass is 10.5. The fourth-order valence-corrected chi connectivity index (χ4v) is 0.218. The highest BCUT2D eigenvalue weighted by Gasteiger charge is 1.64. The molecule has 0 aliphatic rings. The molecule has 0 radical (unpaired) electrons. The molecule has 0 amide bonds. The van der Waals surface area contributed by atoms with Crippen molar-refractivity contribution in [2.24, 2.45) is 5.90 Å². The van der Waals surface area contributed by atoms with Crippen molar-refractivity contribution >= 4 is 12.4 Å². The zero-order valence-electron chi connectivity index (χ0n) is 4.81. The predicted molar refractivity (Wildman–Crippen MR) is 35.5 cm³/mol. The van der Waals surface area contributed by atoms with Crippen LogP contribution in [0, 0.1) is 11.8 Å². The van der Waals surface area contributed by atoms with E-state index >= 15 is 0 Å². The minimum absolute atomic E-state index is 0. The summed E-state index contributed by atoms with van der Waals surface area (Å²) in [4.78, 5) is 4.17. The van der Waals surface area contributed by atoms with Gasteiger partial charge in [-0.15, -0.1) is 18.3 Å². The van der Waals surface area contributed by atoms with Gasteiger partial charge in [0.05, 0.1) is 0 Å². The van der Waals surface area contributed by atoms with Gasteiger partial charge >= 0.3 is 0 Å². The predicted octanol–water partition coefficient (Wildman–Crippen LogP) is 0.712. The van der Waals surface area contributed by atoms with Crippen LogP contribution < -0.4 is 5.90 Å². The van der Waals surface area contributed by atoms with E-state index in [0.717, 1.165) is 6.42 Å². The molecular formula is C5H10ClNO. The largest absolute Gasteiger partial charge is 0.292 e. The highest BCUT2D eigenvalue weighted by Crippen LogP contribution is 1.65. The third kappa shape index (κ3) is 9.24. The van der Waals surface area contributed by atoms with Crippen molar-refractivity contribution < 1.29 is 4.84 Å². The van der Waals surface area contributed by atoms with E-state index in [9.17, 15) is 0 Å². The first-order valence-electron chi connectivity index (χ1n) is 2.19. The van der Waals surface area contributed by atoms with Gasteiger partial charge in [-0.05, 0) is 0 Å². The summed E-state index contributed by atoms with van der Waals surface area (Å²) in [5.74, 6) is 10.1. The molecule has 0 unspecified atom stereocenters. The Kier molecular flexibility index (Phi) is 13.2. The number of nitrogens with two attached hydrogens (primary N) is 1. The molecule has 48 valence electrons. The van der Waals surface area contributed by atoms with E-state index in [4.69, 9.17) is 0 Å². The summed E-state index contributed by atoms with van der Waals surface area (Å²) in [7, 11) is 0. The fourth-order valence-electron chi connectivity index (χ4n) is 0.218. The third-order valence-electron chi connectivity index (χ3n) is 0.457. The standard InChI is InChI=1S/C5H9NO.ClH/c1-2-3-4-5-7-6;/h2,5-6H2,1H3;1H. The van der Waals surface area contributed by atoms with Gasteiger partial charge in [-0.3, -0.25) is 4.84 Å². The topological polar surface area (TPSA) is 35.2 Å². The lowest BCUT2D eigenvalue weighted by Gasteiger charge is -1.79. The zero-order valence-corrected chi connectivity index (χ0v) is 5.62. The van der Waals surface area contributed by atoms with Crippen molar-refractivity contribution in [1.82, 2.24) is 0 Å². The van der Waals surface area contributed by atoms with Crippen LogP contribution >= 0.6 is 12.4 Å². The number of hydrogen-bond acceptors (Lipinski definition) is 2. The second kappa shape index (κ2) is 9.91. The van der Waals surface area contributed by atoms with Crippen molar-refractivity contribution in [3.8, 4) is 11.8 Å². The molecular weight excluding hydrogens is 126 g/mol. The van der Waals surface area contributed by atoms with Crippen LogP contribution in [0.4, 0.5) is 0 Å². The Morgan fingerprint density at radius 3 is 2.50 bits per heavy atom. The highest BCUT2D eigenvalue weighted by atomic mass is 35.5. The van der Waals surface area contributed by atoms with Gasteiger partial charge in [0.15, 0.2) is 0 Å². The van der Waals surface area contributed by atoms with E-state index in [1.54, 1.807) is 0 Å². The summed E-state index contributed by atoms with van der Waals surface area (Å²) in [6.45, 7) is 2.32. The van der Waals surface area contributed by atoms with Crippen LogP contribution in [0.15, 0.2) is 0 Å². The normalized spacial score (nSPS) is 6.25. The molecule has 0 spiro atoms. The molecule has 0 atom stereocenters. The maximum atomic E-state index is 4.67. The Balaban J connectivity index is 0. The molecule has 0 aromatic heterocycles. The minimum atomic E-state index is 0. The van der Waals surface area contributed by atoms with Gasteiger partial charge in [0.1, 0.15) is 6.61 Å². The van der Waals surface area contributed by atoms with Crippen LogP contribution in [-0.2, 0) is 4.84 Å². The maximum absolute atomic E-state index is 4.67. The summed E-state index contributed by atoms with van der Waals surface area (Å²) in [6, 6.07) is 0. The molecule has 0 fully saturated rings. The molecule has 0 bridgehead atoms. The smallest absolute Gasteiger partial charge is 0.128 e. The number of halogens is 1. The third-order valence-corrected chi connectivity index (χ3v) is 0.457. The van der Waals surface area contributed by atoms with Crippen LogP contribution in [0.5, 0.6) is 0 Å². The van der Waals surface area contributed by atoms with E-state index < -0.39 is 0 Å². The molecule has 0 rings (SSSR count). The second-order valence-corrected chi connectivity index (χ2v) is 1.02. The summed E-state index contributed by atoms with van der Waals surface area (Å²) >= 11 is 0. The summed E-state index contributed by atoms with van der Waals surface area (Å²) < 4.78 is 0. The van der Waals surface area contributed by atoms with Crippen LogP contribution in [0.2, 0.25) is 0 Å². The van der Waals surface area contributed by atoms with Crippen molar-refractivity contribution in [2.75, 3.05) is 6.61 Å². The lowest BCUT2D eigenvalue weighted by molar-refractivity contribution is 0.173. The summed E-state index contributed by atoms with van der Waals surface area (Å²) in [5, 5.41) is 0. The molecule has 3 heteroatoms. The molecule has 0 saturated carbocycles. The lowest BCUT2D eigenvalue weighted by Crippen LogP contribution is -1.97. The molecule has 0 aliphatic heterocycles. The van der Waals surface area contributed by atoms with Crippen LogP contribution in [-0.4, -0.2) is 6.61 Å². The van der Waals surface area contributed by atoms with E-state index in [0.29, 0.717) is 6.61 Å². The van der Waals surface area contributed by atoms with E-state index in [-0.39, 0.29) is 12.4 Å². The quantitative estimate of drug-likeness (QED) is 0.425. The van der Waals surface area contributed by atoms with E-state index in [1.165, 1.54) is 0 Å². The first-order valence-corrected chi connectivity index (χ1v) is 2.19. The molecule has 0 aromatic carbocycles. The number of hydrogen-bond donors (Lipinski definition) is 1. The summed E-state index contributed by atoms with van der Waals surface area (Å²) in [6.07, 6.45) is 0.864. The Bertz CT molecular complexity index is 84.2. The molecule has 2 nitrogen and oxygen atoms in total. The zero-order chi connectivity index (χ0) is 5.54. The van der Waals surface area contributed by atoms with Crippen molar-refractivity contribution in [1.29, 1.82) is 0 Å². The van der Waals surface area contributed by atoms with Gasteiger partial charge in [0, 0.05) is 6.42 Å². The van der Waals surface area contributed by atoms with E-state index in [1.807, 2.05) is 6.92 Å². The Hall–Kier alpha value is -0.230. The molecule has 2 N–H and O–H groups in total. The van der Waals surface area contributed by atoms with Crippen molar-refractivity contribution in [3.63, 3.8) is 0 Å². The maximum Gasteiger partial charge on any atom is 0.128 e. The monoisotopic (exact) mass is 135 g/mol. The minimum Gasteiger partial charge on any atom is -0.292 e. The second-order valence-electron chi connectivity index (χ2n) is 1.02. The van der Waals surface area contributed by atoms with Crippen LogP contribution in [0.25, 0.3) is 0 Å². The average molecular weight is 136 g/mol. The van der Waals surface area contributed by atoms with Gasteiger partial charge in [-0.25, -0.2) is 5.90 Å². The van der Waals surface area contributed by atoms with Gasteiger partial charge in [-0.1, -0.05) is 12.8 Å². The SMILES string of the molecule is CCC#CCON.Cl. The molecule has 0 heterocycles. The van der Waals surface area contributed by atoms with Gasteiger partial charge < -0.3 is 0 Å². The molecule has 0 aromatic rings. The van der Waals surface area contributed by atoms with Gasteiger partial charge in [0.25, 0.3) is 0 Å². The van der Waals surface area contributed by atoms with Crippen molar-refractivity contribution in [2.45, 2.75) is 13.3 Å². The van der Waals surface area contributed by atoms with Crippen LogP contribution in [0.3, 0.4) is 0 Å². The average Bonchev–Trinajstić information content (AvgIpc) is 1.69.